The van der Waals surface area contributed by atoms with E-state index in [1.54, 1.807) is 0 Å². The topological polar surface area (TPSA) is 101 Å². The zero-order chi connectivity index (χ0) is 17.5. The molecule has 7 nitrogen and oxygen atoms in total. The quantitative estimate of drug-likeness (QED) is 0.290. The van der Waals surface area contributed by atoms with Crippen LogP contribution in [0.2, 0.25) is 0 Å². The van der Waals surface area contributed by atoms with Crippen molar-refractivity contribution in [2.75, 3.05) is 26.3 Å². The minimum absolute atomic E-state index is 0.135. The zero-order valence-electron chi connectivity index (χ0n) is 15.3. The van der Waals surface area contributed by atoms with Crippen LogP contribution in [0, 0.1) is 0 Å². The first-order valence-electron chi connectivity index (χ1n) is 8.77. The van der Waals surface area contributed by atoms with Crippen molar-refractivity contribution < 1.29 is 18.9 Å². The summed E-state index contributed by atoms with van der Waals surface area (Å²) in [5.74, 6) is 0. The molecule has 0 aromatic carbocycles. The molecule has 0 fully saturated rings. The molecule has 0 aliphatic carbocycles. The molecule has 0 bridgehead atoms. The van der Waals surface area contributed by atoms with E-state index in [4.69, 9.17) is 30.4 Å². The van der Waals surface area contributed by atoms with Gasteiger partial charge < -0.3 is 30.4 Å². The Morgan fingerprint density at radius 2 is 1.17 bits per heavy atom. The van der Waals surface area contributed by atoms with Crippen LogP contribution in [0.3, 0.4) is 0 Å². The Morgan fingerprint density at radius 3 is 1.48 bits per heavy atom. The Hall–Kier alpha value is -0.280. The van der Waals surface area contributed by atoms with E-state index in [1.807, 2.05) is 13.8 Å². The molecule has 5 N–H and O–H groups in total. The lowest BCUT2D eigenvalue weighted by Gasteiger charge is -2.28. The summed E-state index contributed by atoms with van der Waals surface area (Å²) in [4.78, 5) is 0. The van der Waals surface area contributed by atoms with E-state index in [1.165, 1.54) is 0 Å². The summed E-state index contributed by atoms with van der Waals surface area (Å²) >= 11 is 0. The van der Waals surface area contributed by atoms with E-state index in [9.17, 15) is 0 Å². The first-order valence-corrected chi connectivity index (χ1v) is 8.77. The van der Waals surface area contributed by atoms with E-state index in [-0.39, 0.29) is 25.0 Å². The summed E-state index contributed by atoms with van der Waals surface area (Å²) in [6.07, 6.45) is 2.45. The number of ether oxygens (including phenoxy) is 4. The smallest absolute Gasteiger partial charge is 0.156 e. The van der Waals surface area contributed by atoms with Crippen molar-refractivity contribution >= 4 is 0 Å². The van der Waals surface area contributed by atoms with Crippen molar-refractivity contribution in [1.82, 2.24) is 5.32 Å². The summed E-state index contributed by atoms with van der Waals surface area (Å²) in [5.41, 5.74) is 10.9. The SMILES string of the molecule is CCC(NC(CC)OC(C)OCCCN)OC(C)OCCCN. The number of rotatable bonds is 16. The van der Waals surface area contributed by atoms with E-state index in [2.05, 4.69) is 19.2 Å². The van der Waals surface area contributed by atoms with Gasteiger partial charge in [-0.3, -0.25) is 5.32 Å². The van der Waals surface area contributed by atoms with Gasteiger partial charge >= 0.3 is 0 Å². The van der Waals surface area contributed by atoms with Gasteiger partial charge in [-0.15, -0.1) is 0 Å². The van der Waals surface area contributed by atoms with Crippen molar-refractivity contribution in [2.45, 2.75) is 78.4 Å². The highest BCUT2D eigenvalue weighted by molar-refractivity contribution is 4.60. The molecule has 0 saturated heterocycles. The van der Waals surface area contributed by atoms with E-state index < -0.39 is 0 Å². The molecule has 0 aromatic heterocycles. The van der Waals surface area contributed by atoms with Gasteiger partial charge in [-0.05, 0) is 52.6 Å². The molecule has 0 radical (unpaired) electrons. The fourth-order valence-electron chi connectivity index (χ4n) is 1.92. The summed E-state index contributed by atoms with van der Waals surface area (Å²) in [7, 11) is 0. The van der Waals surface area contributed by atoms with Gasteiger partial charge in [0.05, 0.1) is 13.2 Å². The first kappa shape index (κ1) is 22.7. The monoisotopic (exact) mass is 335 g/mol. The molecule has 23 heavy (non-hydrogen) atoms. The molecule has 0 aromatic rings. The third kappa shape index (κ3) is 12.8. The second kappa shape index (κ2) is 15.3. The molecule has 4 unspecified atom stereocenters. The molecule has 140 valence electrons. The molecule has 0 saturated carbocycles. The number of hydrogen-bond acceptors (Lipinski definition) is 7. The summed E-state index contributed by atoms with van der Waals surface area (Å²) < 4.78 is 22.8. The highest BCUT2D eigenvalue weighted by Gasteiger charge is 2.18. The van der Waals surface area contributed by atoms with E-state index in [0.717, 1.165) is 25.7 Å². The maximum absolute atomic E-state index is 5.85. The lowest BCUT2D eigenvalue weighted by Crippen LogP contribution is -2.44. The molecule has 0 heterocycles. The Labute approximate surface area is 141 Å². The van der Waals surface area contributed by atoms with Crippen LogP contribution in [0.5, 0.6) is 0 Å². The third-order valence-corrected chi connectivity index (χ3v) is 3.23. The normalized spacial score (nSPS) is 17.0. The van der Waals surface area contributed by atoms with Crippen molar-refractivity contribution in [3.63, 3.8) is 0 Å². The van der Waals surface area contributed by atoms with Gasteiger partial charge in [-0.2, -0.15) is 0 Å². The lowest BCUT2D eigenvalue weighted by atomic mass is 10.3. The lowest BCUT2D eigenvalue weighted by molar-refractivity contribution is -0.203. The van der Waals surface area contributed by atoms with Gasteiger partial charge in [0.15, 0.2) is 12.6 Å². The van der Waals surface area contributed by atoms with Crippen LogP contribution < -0.4 is 16.8 Å². The fourth-order valence-corrected chi connectivity index (χ4v) is 1.92. The highest BCUT2D eigenvalue weighted by Crippen LogP contribution is 2.08. The van der Waals surface area contributed by atoms with Crippen LogP contribution in [-0.2, 0) is 18.9 Å². The second-order valence-corrected chi connectivity index (χ2v) is 5.39. The van der Waals surface area contributed by atoms with Crippen LogP contribution in [0.15, 0.2) is 0 Å². The van der Waals surface area contributed by atoms with Crippen LogP contribution in [0.4, 0.5) is 0 Å². The molecular weight excluding hydrogens is 298 g/mol. The summed E-state index contributed by atoms with van der Waals surface area (Å²) in [6.45, 7) is 10.3. The van der Waals surface area contributed by atoms with Crippen LogP contribution >= 0.6 is 0 Å². The molecule has 0 rings (SSSR count). The predicted molar refractivity (Wildman–Crippen MR) is 91.6 cm³/mol. The van der Waals surface area contributed by atoms with Gasteiger partial charge in [0, 0.05) is 0 Å². The minimum atomic E-state index is -0.283. The summed E-state index contributed by atoms with van der Waals surface area (Å²) in [6, 6.07) is 0. The zero-order valence-corrected chi connectivity index (χ0v) is 15.3. The van der Waals surface area contributed by atoms with Crippen molar-refractivity contribution in [1.29, 1.82) is 0 Å². The van der Waals surface area contributed by atoms with Crippen molar-refractivity contribution in [2.24, 2.45) is 11.5 Å². The van der Waals surface area contributed by atoms with Gasteiger partial charge in [0.1, 0.15) is 12.5 Å². The molecule has 4 atom stereocenters. The van der Waals surface area contributed by atoms with Crippen molar-refractivity contribution in [3.05, 3.63) is 0 Å². The van der Waals surface area contributed by atoms with Crippen LogP contribution in [-0.4, -0.2) is 51.3 Å². The predicted octanol–water partition coefficient (Wildman–Crippen LogP) is 1.50. The Kier molecular flexibility index (Phi) is 15.1. The molecule has 0 spiro atoms. The third-order valence-electron chi connectivity index (χ3n) is 3.23. The van der Waals surface area contributed by atoms with Gasteiger partial charge in [-0.25, -0.2) is 0 Å². The van der Waals surface area contributed by atoms with Crippen LogP contribution in [0.1, 0.15) is 53.4 Å². The van der Waals surface area contributed by atoms with Gasteiger partial charge in [0.25, 0.3) is 0 Å². The molecular formula is C16H37N3O4. The second-order valence-electron chi connectivity index (χ2n) is 5.39. The molecule has 0 amide bonds. The largest absolute Gasteiger partial charge is 0.353 e. The Morgan fingerprint density at radius 1 is 0.783 bits per heavy atom. The molecule has 7 heteroatoms. The number of nitrogens with two attached hydrogens (primary N) is 2. The molecule has 0 aliphatic heterocycles. The maximum Gasteiger partial charge on any atom is 0.156 e. The van der Waals surface area contributed by atoms with Crippen molar-refractivity contribution in [3.8, 4) is 0 Å². The Balaban J connectivity index is 4.12. The fraction of sp³-hybridized carbons (Fsp3) is 1.00. The van der Waals surface area contributed by atoms with E-state index >= 15 is 0 Å². The van der Waals surface area contributed by atoms with Gasteiger partial charge in [0.2, 0.25) is 0 Å². The maximum atomic E-state index is 5.85. The standard InChI is InChI=1S/C16H37N3O4/c1-5-15(22-13(3)20-11-7-9-17)19-16(6-2)23-14(4)21-12-8-10-18/h13-16,19H,5-12,17-18H2,1-4H3. The highest BCUT2D eigenvalue weighted by atomic mass is 16.7. The number of hydrogen-bond donors (Lipinski definition) is 3. The van der Waals surface area contributed by atoms with E-state index in [0.29, 0.717) is 26.3 Å². The number of nitrogens with one attached hydrogen (secondary N) is 1. The van der Waals surface area contributed by atoms with Gasteiger partial charge in [-0.1, -0.05) is 13.8 Å². The molecule has 0 aliphatic rings. The van der Waals surface area contributed by atoms with Crippen LogP contribution in [0.25, 0.3) is 0 Å². The minimum Gasteiger partial charge on any atom is -0.353 e. The average molecular weight is 335 g/mol. The average Bonchev–Trinajstić information content (AvgIpc) is 2.53. The first-order chi connectivity index (χ1) is 11.1. The Bertz CT molecular complexity index is 235. The summed E-state index contributed by atoms with van der Waals surface area (Å²) in [5, 5.41) is 3.34.